The lowest BCUT2D eigenvalue weighted by Crippen LogP contribution is -2.20. The van der Waals surface area contributed by atoms with E-state index in [1.165, 1.54) is 11.8 Å². The van der Waals surface area contributed by atoms with Gasteiger partial charge < -0.3 is 9.73 Å². The number of nitrogens with one attached hydrogen (secondary N) is 1. The zero-order valence-electron chi connectivity index (χ0n) is 11.1. The minimum atomic E-state index is -0.460. The average molecular weight is 301 g/mol. The fourth-order valence-electron chi connectivity index (χ4n) is 1.87. The number of para-hydroxylation sites is 1. The molecule has 2 aromatic rings. The number of nitrogens with zero attached hydrogens (tertiary/aromatic N) is 2. The molecule has 0 aliphatic carbocycles. The number of benzene rings is 1. The molecule has 1 aliphatic heterocycles. The van der Waals surface area contributed by atoms with Crippen molar-refractivity contribution in [1.29, 1.82) is 0 Å². The van der Waals surface area contributed by atoms with E-state index >= 15 is 0 Å². The van der Waals surface area contributed by atoms with Crippen LogP contribution >= 0.6 is 11.8 Å². The molecule has 0 atom stereocenters. The SMILES string of the molecule is C/C(=N\N=C1\NC(=O)CS1)c1cc2ccccc2oc1=O. The van der Waals surface area contributed by atoms with Crippen LogP contribution in [-0.4, -0.2) is 22.5 Å². The van der Waals surface area contributed by atoms with E-state index in [1.54, 1.807) is 25.1 Å². The van der Waals surface area contributed by atoms with Crippen LogP contribution in [0.15, 0.2) is 49.7 Å². The van der Waals surface area contributed by atoms with E-state index in [9.17, 15) is 9.59 Å². The van der Waals surface area contributed by atoms with Gasteiger partial charge in [-0.2, -0.15) is 5.10 Å². The Balaban J connectivity index is 1.97. The van der Waals surface area contributed by atoms with Crippen LogP contribution in [0, 0.1) is 0 Å². The highest BCUT2D eigenvalue weighted by atomic mass is 32.2. The molecular formula is C14H11N3O3S. The monoisotopic (exact) mass is 301 g/mol. The molecule has 106 valence electrons. The van der Waals surface area contributed by atoms with Crippen molar-refractivity contribution >= 4 is 39.5 Å². The first-order valence-electron chi connectivity index (χ1n) is 6.21. The van der Waals surface area contributed by atoms with Crippen molar-refractivity contribution in [3.05, 3.63) is 46.3 Å². The predicted octanol–water partition coefficient (Wildman–Crippen LogP) is 1.74. The number of carbonyl (C=O) groups excluding carboxylic acids is 1. The molecular weight excluding hydrogens is 290 g/mol. The fourth-order valence-corrected chi connectivity index (χ4v) is 2.49. The van der Waals surface area contributed by atoms with Gasteiger partial charge in [0.1, 0.15) is 5.58 Å². The van der Waals surface area contributed by atoms with Crippen molar-refractivity contribution in [3.8, 4) is 0 Å². The van der Waals surface area contributed by atoms with Crippen LogP contribution in [0.3, 0.4) is 0 Å². The molecule has 0 bridgehead atoms. The standard InChI is InChI=1S/C14H11N3O3S/c1-8(16-17-14-15-12(18)7-21-14)10-6-9-4-2-3-5-11(9)20-13(10)19/h2-6H,7H2,1H3,(H,15,17,18)/b16-8+. The minimum Gasteiger partial charge on any atom is -0.422 e. The summed E-state index contributed by atoms with van der Waals surface area (Å²) in [5.41, 5.74) is 0.860. The first-order valence-corrected chi connectivity index (χ1v) is 7.20. The van der Waals surface area contributed by atoms with Gasteiger partial charge in [-0.05, 0) is 19.1 Å². The summed E-state index contributed by atoms with van der Waals surface area (Å²) in [7, 11) is 0. The van der Waals surface area contributed by atoms with Gasteiger partial charge in [0.25, 0.3) is 0 Å². The molecule has 1 saturated heterocycles. The molecule has 7 heteroatoms. The van der Waals surface area contributed by atoms with Crippen LogP contribution in [0.1, 0.15) is 12.5 Å². The number of carbonyl (C=O) groups is 1. The second-order valence-corrected chi connectivity index (χ2v) is 5.38. The third-order valence-electron chi connectivity index (χ3n) is 2.91. The maximum Gasteiger partial charge on any atom is 0.345 e. The number of amides is 1. The number of fused-ring (bicyclic) bond motifs is 1. The molecule has 1 aliphatic rings. The zero-order valence-corrected chi connectivity index (χ0v) is 11.9. The molecule has 1 N–H and O–H groups in total. The highest BCUT2D eigenvalue weighted by molar-refractivity contribution is 8.15. The van der Waals surface area contributed by atoms with Gasteiger partial charge in [0.05, 0.1) is 17.0 Å². The van der Waals surface area contributed by atoms with Crippen LogP contribution in [0.4, 0.5) is 0 Å². The van der Waals surface area contributed by atoms with Crippen molar-refractivity contribution in [3.63, 3.8) is 0 Å². The second-order valence-electron chi connectivity index (χ2n) is 4.41. The topological polar surface area (TPSA) is 84.0 Å². The van der Waals surface area contributed by atoms with Gasteiger partial charge in [0.15, 0.2) is 5.17 Å². The average Bonchev–Trinajstić information content (AvgIpc) is 2.89. The van der Waals surface area contributed by atoms with E-state index in [2.05, 4.69) is 15.5 Å². The minimum absolute atomic E-state index is 0.100. The first-order chi connectivity index (χ1) is 10.1. The number of rotatable bonds is 2. The van der Waals surface area contributed by atoms with Crippen LogP contribution in [0.25, 0.3) is 11.0 Å². The Hall–Kier alpha value is -2.41. The van der Waals surface area contributed by atoms with Crippen LogP contribution < -0.4 is 10.9 Å². The van der Waals surface area contributed by atoms with Crippen LogP contribution in [0.5, 0.6) is 0 Å². The molecule has 1 aromatic carbocycles. The summed E-state index contributed by atoms with van der Waals surface area (Å²) in [6.45, 7) is 1.67. The highest BCUT2D eigenvalue weighted by Crippen LogP contribution is 2.13. The van der Waals surface area contributed by atoms with Gasteiger partial charge in [-0.3, -0.25) is 4.79 Å². The van der Waals surface area contributed by atoms with E-state index in [4.69, 9.17) is 4.42 Å². The lowest BCUT2D eigenvalue weighted by molar-refractivity contribution is -0.116. The maximum absolute atomic E-state index is 12.0. The maximum atomic E-state index is 12.0. The number of hydrogen-bond donors (Lipinski definition) is 1. The van der Waals surface area contributed by atoms with Gasteiger partial charge in [0.2, 0.25) is 5.91 Å². The van der Waals surface area contributed by atoms with Gasteiger partial charge in [-0.15, -0.1) is 5.10 Å². The van der Waals surface area contributed by atoms with Gasteiger partial charge in [-0.1, -0.05) is 30.0 Å². The third-order valence-corrected chi connectivity index (χ3v) is 3.77. The molecule has 0 saturated carbocycles. The molecule has 1 amide bonds. The quantitative estimate of drug-likeness (QED) is 0.520. The number of thioether (sulfide) groups is 1. The van der Waals surface area contributed by atoms with Crippen LogP contribution in [0.2, 0.25) is 0 Å². The Labute approximate surface area is 123 Å². The van der Waals surface area contributed by atoms with Crippen molar-refractivity contribution in [1.82, 2.24) is 5.32 Å². The van der Waals surface area contributed by atoms with Gasteiger partial charge in [-0.25, -0.2) is 4.79 Å². The Morgan fingerprint density at radius 1 is 1.33 bits per heavy atom. The summed E-state index contributed by atoms with van der Waals surface area (Å²) in [5.74, 6) is 0.239. The summed E-state index contributed by atoms with van der Waals surface area (Å²) in [6, 6.07) is 8.98. The Kier molecular flexibility index (Phi) is 3.57. The highest BCUT2D eigenvalue weighted by Gasteiger charge is 2.16. The molecule has 1 fully saturated rings. The smallest absolute Gasteiger partial charge is 0.345 e. The Morgan fingerprint density at radius 3 is 2.90 bits per heavy atom. The first kappa shape index (κ1) is 13.6. The lowest BCUT2D eigenvalue weighted by atomic mass is 10.1. The van der Waals surface area contributed by atoms with Crippen molar-refractivity contribution in [2.45, 2.75) is 6.92 Å². The molecule has 0 spiro atoms. The predicted molar refractivity (Wildman–Crippen MR) is 82.7 cm³/mol. The summed E-state index contributed by atoms with van der Waals surface area (Å²) in [4.78, 5) is 23.0. The van der Waals surface area contributed by atoms with E-state index in [0.29, 0.717) is 27.8 Å². The zero-order chi connectivity index (χ0) is 14.8. The number of hydrogen-bond acceptors (Lipinski definition) is 6. The second kappa shape index (κ2) is 5.53. The Bertz CT molecular complexity index is 839. The largest absolute Gasteiger partial charge is 0.422 e. The van der Waals surface area contributed by atoms with E-state index in [-0.39, 0.29) is 5.91 Å². The summed E-state index contributed by atoms with van der Waals surface area (Å²) in [5, 5.41) is 11.7. The van der Waals surface area contributed by atoms with Gasteiger partial charge >= 0.3 is 5.63 Å². The van der Waals surface area contributed by atoms with E-state index in [0.717, 1.165) is 5.39 Å². The third kappa shape index (κ3) is 2.87. The summed E-state index contributed by atoms with van der Waals surface area (Å²) < 4.78 is 5.24. The number of amidine groups is 1. The fraction of sp³-hybridized carbons (Fsp3) is 0.143. The van der Waals surface area contributed by atoms with Crippen molar-refractivity contribution in [2.75, 3.05) is 5.75 Å². The molecule has 3 rings (SSSR count). The molecule has 0 unspecified atom stereocenters. The van der Waals surface area contributed by atoms with E-state index < -0.39 is 5.63 Å². The normalized spacial score (nSPS) is 17.5. The summed E-state index contributed by atoms with van der Waals surface area (Å²) in [6.07, 6.45) is 0. The Morgan fingerprint density at radius 2 is 2.14 bits per heavy atom. The molecule has 21 heavy (non-hydrogen) atoms. The molecule has 2 heterocycles. The summed E-state index contributed by atoms with van der Waals surface area (Å²) >= 11 is 1.28. The van der Waals surface area contributed by atoms with E-state index in [1.807, 2.05) is 12.1 Å². The molecule has 6 nitrogen and oxygen atoms in total. The van der Waals surface area contributed by atoms with Crippen molar-refractivity contribution in [2.24, 2.45) is 10.2 Å². The van der Waals surface area contributed by atoms with Crippen molar-refractivity contribution < 1.29 is 9.21 Å². The van der Waals surface area contributed by atoms with Crippen LogP contribution in [-0.2, 0) is 4.79 Å². The molecule has 0 radical (unpaired) electrons. The molecule has 1 aromatic heterocycles. The lowest BCUT2D eigenvalue weighted by Gasteiger charge is -2.00. The van der Waals surface area contributed by atoms with Gasteiger partial charge in [0, 0.05) is 5.39 Å².